The van der Waals surface area contributed by atoms with Gasteiger partial charge in [0.1, 0.15) is 5.78 Å². The summed E-state index contributed by atoms with van der Waals surface area (Å²) in [5.41, 5.74) is 7.19. The molecule has 3 heteroatoms. The molecule has 1 heterocycles. The summed E-state index contributed by atoms with van der Waals surface area (Å²) in [5.74, 6) is 0.656. The Morgan fingerprint density at radius 3 is 3.06 bits per heavy atom. The molecule has 1 saturated carbocycles. The number of carbonyl (C=O) groups is 1. The molecule has 0 radical (unpaired) electrons. The molecule has 0 saturated heterocycles. The molecule has 88 valence electrons. The molecule has 1 aliphatic carbocycles. The lowest BCUT2D eigenvalue weighted by molar-refractivity contribution is -0.123. The van der Waals surface area contributed by atoms with Gasteiger partial charge >= 0.3 is 0 Å². The van der Waals surface area contributed by atoms with Gasteiger partial charge in [-0.05, 0) is 48.1 Å². The Hall–Kier alpha value is -0.670. The van der Waals surface area contributed by atoms with Crippen LogP contribution in [0.2, 0.25) is 0 Å². The lowest BCUT2D eigenvalue weighted by atomic mass is 9.82. The second kappa shape index (κ2) is 5.60. The van der Waals surface area contributed by atoms with Gasteiger partial charge in [0.05, 0.1) is 0 Å². The minimum absolute atomic E-state index is 0.238. The number of nitrogens with two attached hydrogens (primary N) is 1. The van der Waals surface area contributed by atoms with Crippen LogP contribution in [0.4, 0.5) is 0 Å². The number of ketones is 1. The number of rotatable bonds is 4. The zero-order valence-corrected chi connectivity index (χ0v) is 10.3. The number of thiophene rings is 1. The molecule has 2 N–H and O–H groups in total. The highest BCUT2D eigenvalue weighted by Gasteiger charge is 2.24. The molecule has 2 nitrogen and oxygen atoms in total. The van der Waals surface area contributed by atoms with Crippen molar-refractivity contribution in [2.45, 2.75) is 44.6 Å². The average molecular weight is 237 g/mol. The summed E-state index contributed by atoms with van der Waals surface area (Å²) in [4.78, 5) is 12.0. The first kappa shape index (κ1) is 11.8. The van der Waals surface area contributed by atoms with Crippen LogP contribution in [-0.4, -0.2) is 11.8 Å². The van der Waals surface area contributed by atoms with E-state index in [2.05, 4.69) is 16.8 Å². The zero-order chi connectivity index (χ0) is 11.4. The van der Waals surface area contributed by atoms with E-state index in [9.17, 15) is 4.79 Å². The van der Waals surface area contributed by atoms with E-state index in [1.165, 1.54) is 5.56 Å². The highest BCUT2D eigenvalue weighted by molar-refractivity contribution is 7.07. The number of carbonyl (C=O) groups excluding carboxylic acids is 1. The third kappa shape index (κ3) is 3.16. The van der Waals surface area contributed by atoms with E-state index in [1.54, 1.807) is 11.3 Å². The van der Waals surface area contributed by atoms with Crippen molar-refractivity contribution in [1.29, 1.82) is 0 Å². The second-order valence-electron chi connectivity index (χ2n) is 4.72. The molecule has 1 aliphatic rings. The summed E-state index contributed by atoms with van der Waals surface area (Å²) in [5, 5.41) is 4.19. The Labute approximate surface area is 101 Å². The van der Waals surface area contributed by atoms with E-state index in [-0.39, 0.29) is 12.0 Å². The largest absolute Gasteiger partial charge is 0.328 e. The lowest BCUT2D eigenvalue weighted by Crippen LogP contribution is -2.31. The average Bonchev–Trinajstić information content (AvgIpc) is 2.78. The van der Waals surface area contributed by atoms with E-state index in [0.29, 0.717) is 12.2 Å². The molecule has 0 aromatic carbocycles. The first-order chi connectivity index (χ1) is 7.75. The maximum Gasteiger partial charge on any atom is 0.136 e. The Kier molecular flexibility index (Phi) is 4.13. The molecular weight excluding hydrogens is 218 g/mol. The Bertz CT molecular complexity index is 334. The van der Waals surface area contributed by atoms with Crippen LogP contribution in [0.5, 0.6) is 0 Å². The van der Waals surface area contributed by atoms with Crippen LogP contribution >= 0.6 is 11.3 Å². The Balaban J connectivity index is 1.79. The highest BCUT2D eigenvalue weighted by atomic mass is 32.1. The molecule has 1 aromatic rings. The van der Waals surface area contributed by atoms with Crippen molar-refractivity contribution in [3.63, 3.8) is 0 Å². The van der Waals surface area contributed by atoms with Crippen molar-refractivity contribution in [1.82, 2.24) is 0 Å². The smallest absolute Gasteiger partial charge is 0.136 e. The number of aryl methyl sites for hydroxylation is 1. The molecule has 0 aliphatic heterocycles. The zero-order valence-electron chi connectivity index (χ0n) is 9.52. The third-order valence-electron chi connectivity index (χ3n) is 3.41. The van der Waals surface area contributed by atoms with Gasteiger partial charge in [0, 0.05) is 18.4 Å². The maximum atomic E-state index is 12.0. The molecule has 2 atom stereocenters. The van der Waals surface area contributed by atoms with Gasteiger partial charge in [-0.25, -0.2) is 0 Å². The molecular formula is C13H19NOS. The van der Waals surface area contributed by atoms with Gasteiger partial charge < -0.3 is 5.73 Å². The fourth-order valence-corrected chi connectivity index (χ4v) is 3.13. The SMILES string of the molecule is NC1CCCC(C(=O)CCc2ccsc2)C1. The number of hydrogen-bond donors (Lipinski definition) is 1. The van der Waals surface area contributed by atoms with E-state index in [0.717, 1.165) is 32.1 Å². The van der Waals surface area contributed by atoms with Crippen LogP contribution < -0.4 is 5.73 Å². The second-order valence-corrected chi connectivity index (χ2v) is 5.50. The quantitative estimate of drug-likeness (QED) is 0.875. The summed E-state index contributed by atoms with van der Waals surface area (Å²) in [6, 6.07) is 2.36. The van der Waals surface area contributed by atoms with Crippen molar-refractivity contribution < 1.29 is 4.79 Å². The molecule has 0 bridgehead atoms. The first-order valence-electron chi connectivity index (χ1n) is 6.05. The fourth-order valence-electron chi connectivity index (χ4n) is 2.43. The van der Waals surface area contributed by atoms with Gasteiger partial charge in [-0.15, -0.1) is 0 Å². The molecule has 2 rings (SSSR count). The summed E-state index contributed by atoms with van der Waals surface area (Å²) in [6.45, 7) is 0. The van der Waals surface area contributed by atoms with Gasteiger partial charge in [0.15, 0.2) is 0 Å². The van der Waals surface area contributed by atoms with E-state index in [1.807, 2.05) is 0 Å². The van der Waals surface area contributed by atoms with Gasteiger partial charge in [-0.3, -0.25) is 4.79 Å². The summed E-state index contributed by atoms with van der Waals surface area (Å²) < 4.78 is 0. The first-order valence-corrected chi connectivity index (χ1v) is 6.99. The van der Waals surface area contributed by atoms with Gasteiger partial charge in [0.2, 0.25) is 0 Å². The molecule has 0 spiro atoms. The summed E-state index contributed by atoms with van der Waals surface area (Å²) in [6.07, 6.45) is 5.76. The van der Waals surface area contributed by atoms with E-state index < -0.39 is 0 Å². The molecule has 1 fully saturated rings. The van der Waals surface area contributed by atoms with Crippen LogP contribution in [0, 0.1) is 5.92 Å². The Morgan fingerprint density at radius 2 is 2.38 bits per heavy atom. The summed E-state index contributed by atoms with van der Waals surface area (Å²) >= 11 is 1.70. The predicted molar refractivity (Wildman–Crippen MR) is 67.6 cm³/mol. The third-order valence-corrected chi connectivity index (χ3v) is 4.14. The molecule has 1 aromatic heterocycles. The number of Topliss-reactive ketones (excluding diaryl/α,β-unsaturated/α-hetero) is 1. The van der Waals surface area contributed by atoms with Gasteiger partial charge in [-0.2, -0.15) is 11.3 Å². The predicted octanol–water partition coefficient (Wildman–Crippen LogP) is 2.77. The van der Waals surface area contributed by atoms with Gasteiger partial charge in [0.25, 0.3) is 0 Å². The fraction of sp³-hybridized carbons (Fsp3) is 0.615. The Morgan fingerprint density at radius 1 is 1.50 bits per heavy atom. The lowest BCUT2D eigenvalue weighted by Gasteiger charge is -2.25. The van der Waals surface area contributed by atoms with Crippen LogP contribution in [0.1, 0.15) is 37.7 Å². The van der Waals surface area contributed by atoms with Crippen LogP contribution in [0.3, 0.4) is 0 Å². The van der Waals surface area contributed by atoms with E-state index >= 15 is 0 Å². The number of hydrogen-bond acceptors (Lipinski definition) is 3. The van der Waals surface area contributed by atoms with Crippen molar-refractivity contribution in [3.8, 4) is 0 Å². The molecule has 0 amide bonds. The van der Waals surface area contributed by atoms with Crippen LogP contribution in [-0.2, 0) is 11.2 Å². The normalized spacial score (nSPS) is 25.6. The molecule has 2 unspecified atom stereocenters. The van der Waals surface area contributed by atoms with Gasteiger partial charge in [-0.1, -0.05) is 6.42 Å². The van der Waals surface area contributed by atoms with Crippen molar-refractivity contribution in [2.24, 2.45) is 11.7 Å². The van der Waals surface area contributed by atoms with Crippen molar-refractivity contribution in [3.05, 3.63) is 22.4 Å². The molecule has 16 heavy (non-hydrogen) atoms. The maximum absolute atomic E-state index is 12.0. The summed E-state index contributed by atoms with van der Waals surface area (Å²) in [7, 11) is 0. The van der Waals surface area contributed by atoms with Crippen molar-refractivity contribution >= 4 is 17.1 Å². The van der Waals surface area contributed by atoms with Crippen molar-refractivity contribution in [2.75, 3.05) is 0 Å². The monoisotopic (exact) mass is 237 g/mol. The minimum atomic E-state index is 0.238. The standard InChI is InChI=1S/C13H19NOS/c14-12-3-1-2-11(8-12)13(15)5-4-10-6-7-16-9-10/h6-7,9,11-12H,1-5,8,14H2. The van der Waals surface area contributed by atoms with Crippen LogP contribution in [0.25, 0.3) is 0 Å². The van der Waals surface area contributed by atoms with Crippen LogP contribution in [0.15, 0.2) is 16.8 Å². The topological polar surface area (TPSA) is 43.1 Å². The minimum Gasteiger partial charge on any atom is -0.328 e. The van der Waals surface area contributed by atoms with E-state index in [4.69, 9.17) is 5.73 Å². The highest BCUT2D eigenvalue weighted by Crippen LogP contribution is 2.25.